The minimum absolute atomic E-state index is 0.286. The molecule has 6 heteroatoms. The van der Waals surface area contributed by atoms with Crippen LogP contribution < -0.4 is 5.73 Å². The Hall–Kier alpha value is -0.980. The summed E-state index contributed by atoms with van der Waals surface area (Å²) in [6.45, 7) is 6.35. The third-order valence-electron chi connectivity index (χ3n) is 2.69. The number of aryl methyl sites for hydroxylation is 1. The molecule has 2 N–H and O–H groups in total. The number of methoxy groups -OCH3 is 1. The van der Waals surface area contributed by atoms with E-state index in [1.165, 1.54) is 11.3 Å². The topological polar surface area (TPSA) is 74.4 Å². The van der Waals surface area contributed by atoms with Crippen LogP contribution in [-0.2, 0) is 16.0 Å². The number of carbonyl (C=O) groups excluding carboxylic acids is 1. The Bertz CT molecular complexity index is 415. The zero-order valence-corrected chi connectivity index (χ0v) is 12.1. The molecule has 0 aliphatic heterocycles. The van der Waals surface area contributed by atoms with Crippen molar-refractivity contribution in [1.82, 2.24) is 4.98 Å². The SMILES string of the molecule is COC(C)(C)CCOC(=O)c1sc(CN)nc1C. The lowest BCUT2D eigenvalue weighted by Gasteiger charge is -2.22. The van der Waals surface area contributed by atoms with Crippen LogP contribution >= 0.6 is 11.3 Å². The fraction of sp³-hybridized carbons (Fsp3) is 0.667. The first kappa shape index (κ1) is 15.1. The van der Waals surface area contributed by atoms with E-state index in [1.54, 1.807) is 14.0 Å². The molecule has 5 nitrogen and oxygen atoms in total. The Morgan fingerprint density at radius 2 is 2.17 bits per heavy atom. The maximum Gasteiger partial charge on any atom is 0.350 e. The highest BCUT2D eigenvalue weighted by atomic mass is 32.1. The predicted molar refractivity (Wildman–Crippen MR) is 70.7 cm³/mol. The Balaban J connectivity index is 2.53. The van der Waals surface area contributed by atoms with Crippen LogP contribution in [0, 0.1) is 6.92 Å². The second-order valence-electron chi connectivity index (χ2n) is 4.58. The van der Waals surface area contributed by atoms with Crippen LogP contribution in [0.4, 0.5) is 0 Å². The average molecular weight is 272 g/mol. The summed E-state index contributed by atoms with van der Waals surface area (Å²) in [4.78, 5) is 16.6. The minimum atomic E-state index is -0.336. The van der Waals surface area contributed by atoms with E-state index < -0.39 is 0 Å². The number of nitrogens with two attached hydrogens (primary N) is 1. The van der Waals surface area contributed by atoms with Gasteiger partial charge in [-0.1, -0.05) is 0 Å². The monoisotopic (exact) mass is 272 g/mol. The Kier molecular flexibility index (Phi) is 5.25. The third kappa shape index (κ3) is 4.04. The fourth-order valence-electron chi connectivity index (χ4n) is 1.29. The van der Waals surface area contributed by atoms with Gasteiger partial charge in [0, 0.05) is 20.1 Å². The van der Waals surface area contributed by atoms with E-state index in [-0.39, 0.29) is 11.6 Å². The van der Waals surface area contributed by atoms with Crippen LogP contribution in [0.1, 0.15) is 40.6 Å². The van der Waals surface area contributed by atoms with Crippen LogP contribution in [0.15, 0.2) is 0 Å². The van der Waals surface area contributed by atoms with Gasteiger partial charge in [0.2, 0.25) is 0 Å². The second-order valence-corrected chi connectivity index (χ2v) is 5.66. The molecule has 0 amide bonds. The van der Waals surface area contributed by atoms with E-state index in [0.717, 1.165) is 5.01 Å². The molecule has 1 heterocycles. The molecule has 0 aliphatic rings. The summed E-state index contributed by atoms with van der Waals surface area (Å²) in [5.74, 6) is -0.336. The van der Waals surface area contributed by atoms with Crippen LogP contribution in [0.25, 0.3) is 0 Å². The molecule has 0 atom stereocenters. The van der Waals surface area contributed by atoms with Crippen molar-refractivity contribution in [3.8, 4) is 0 Å². The molecule has 0 saturated carbocycles. The Labute approximate surface area is 111 Å². The van der Waals surface area contributed by atoms with Crippen molar-refractivity contribution in [1.29, 1.82) is 0 Å². The van der Waals surface area contributed by atoms with E-state index in [4.69, 9.17) is 15.2 Å². The largest absolute Gasteiger partial charge is 0.461 e. The molecule has 0 fully saturated rings. The van der Waals surface area contributed by atoms with Gasteiger partial charge in [-0.15, -0.1) is 11.3 Å². The number of carbonyl (C=O) groups is 1. The normalized spacial score (nSPS) is 11.6. The number of thiazole rings is 1. The van der Waals surface area contributed by atoms with Gasteiger partial charge in [0.25, 0.3) is 0 Å². The highest BCUT2D eigenvalue weighted by molar-refractivity contribution is 7.13. The molecule has 0 saturated heterocycles. The van der Waals surface area contributed by atoms with Gasteiger partial charge in [-0.05, 0) is 20.8 Å². The van der Waals surface area contributed by atoms with E-state index in [0.29, 0.717) is 30.1 Å². The van der Waals surface area contributed by atoms with E-state index in [2.05, 4.69) is 4.98 Å². The second kappa shape index (κ2) is 6.26. The highest BCUT2D eigenvalue weighted by Crippen LogP contribution is 2.19. The van der Waals surface area contributed by atoms with Gasteiger partial charge in [0.15, 0.2) is 0 Å². The molecular formula is C12H20N2O3S. The van der Waals surface area contributed by atoms with E-state index in [1.807, 2.05) is 13.8 Å². The lowest BCUT2D eigenvalue weighted by atomic mass is 10.1. The van der Waals surface area contributed by atoms with Crippen LogP contribution in [-0.4, -0.2) is 30.3 Å². The average Bonchev–Trinajstić information content (AvgIpc) is 2.70. The minimum Gasteiger partial charge on any atom is -0.461 e. The van der Waals surface area contributed by atoms with Crippen molar-refractivity contribution in [3.05, 3.63) is 15.6 Å². The molecule has 1 aromatic rings. The van der Waals surface area contributed by atoms with Gasteiger partial charge >= 0.3 is 5.97 Å². The summed E-state index contributed by atoms with van der Waals surface area (Å²) in [7, 11) is 1.64. The Morgan fingerprint density at radius 1 is 1.50 bits per heavy atom. The fourth-order valence-corrected chi connectivity index (χ4v) is 2.12. The van der Waals surface area contributed by atoms with Crippen LogP contribution in [0.2, 0.25) is 0 Å². The smallest absolute Gasteiger partial charge is 0.350 e. The third-order valence-corrected chi connectivity index (χ3v) is 3.85. The number of aromatic nitrogens is 1. The summed E-state index contributed by atoms with van der Waals surface area (Å²) in [6, 6.07) is 0. The van der Waals surface area contributed by atoms with E-state index >= 15 is 0 Å². The van der Waals surface area contributed by atoms with Crippen molar-refractivity contribution in [2.75, 3.05) is 13.7 Å². The summed E-state index contributed by atoms with van der Waals surface area (Å²) >= 11 is 1.29. The number of hydrogen-bond donors (Lipinski definition) is 1. The first-order valence-electron chi connectivity index (χ1n) is 5.78. The molecule has 0 aliphatic carbocycles. The van der Waals surface area contributed by atoms with Gasteiger partial charge in [-0.3, -0.25) is 0 Å². The van der Waals surface area contributed by atoms with E-state index in [9.17, 15) is 4.79 Å². The molecular weight excluding hydrogens is 252 g/mol. The summed E-state index contributed by atoms with van der Waals surface area (Å²) in [5, 5.41) is 0.747. The van der Waals surface area contributed by atoms with Crippen molar-refractivity contribution >= 4 is 17.3 Å². The molecule has 0 aromatic carbocycles. The first-order chi connectivity index (χ1) is 8.39. The number of nitrogens with zero attached hydrogens (tertiary/aromatic N) is 1. The van der Waals surface area contributed by atoms with Crippen molar-refractivity contribution in [2.45, 2.75) is 39.3 Å². The molecule has 0 bridgehead atoms. The highest BCUT2D eigenvalue weighted by Gasteiger charge is 2.19. The summed E-state index contributed by atoms with van der Waals surface area (Å²) in [5.41, 5.74) is 5.88. The number of hydrogen-bond acceptors (Lipinski definition) is 6. The first-order valence-corrected chi connectivity index (χ1v) is 6.60. The van der Waals surface area contributed by atoms with Gasteiger partial charge in [-0.2, -0.15) is 0 Å². The zero-order chi connectivity index (χ0) is 13.8. The summed E-state index contributed by atoms with van der Waals surface area (Å²) in [6.07, 6.45) is 0.650. The number of rotatable bonds is 6. The lowest BCUT2D eigenvalue weighted by molar-refractivity contribution is -0.00550. The van der Waals surface area contributed by atoms with Gasteiger partial charge in [0.1, 0.15) is 9.88 Å². The summed E-state index contributed by atoms with van der Waals surface area (Å²) < 4.78 is 10.5. The molecule has 0 spiro atoms. The molecule has 0 unspecified atom stereocenters. The molecule has 102 valence electrons. The maximum absolute atomic E-state index is 11.8. The van der Waals surface area contributed by atoms with Gasteiger partial charge in [0.05, 0.1) is 17.9 Å². The van der Waals surface area contributed by atoms with Crippen LogP contribution in [0.5, 0.6) is 0 Å². The lowest BCUT2D eigenvalue weighted by Crippen LogP contribution is -2.25. The van der Waals surface area contributed by atoms with Gasteiger partial charge < -0.3 is 15.2 Å². The van der Waals surface area contributed by atoms with Crippen LogP contribution in [0.3, 0.4) is 0 Å². The van der Waals surface area contributed by atoms with Crippen molar-refractivity contribution < 1.29 is 14.3 Å². The standard InChI is InChI=1S/C12H20N2O3S/c1-8-10(18-9(7-13)14-8)11(15)17-6-5-12(2,3)16-4/h5-7,13H2,1-4H3. The van der Waals surface area contributed by atoms with Gasteiger partial charge in [-0.25, -0.2) is 9.78 Å². The quantitative estimate of drug-likeness (QED) is 0.800. The molecule has 18 heavy (non-hydrogen) atoms. The number of ether oxygens (including phenoxy) is 2. The maximum atomic E-state index is 11.8. The van der Waals surface area contributed by atoms with Crippen molar-refractivity contribution in [3.63, 3.8) is 0 Å². The Morgan fingerprint density at radius 3 is 2.67 bits per heavy atom. The predicted octanol–water partition coefficient (Wildman–Crippen LogP) is 1.88. The zero-order valence-electron chi connectivity index (χ0n) is 11.3. The van der Waals surface area contributed by atoms with Crippen molar-refractivity contribution in [2.24, 2.45) is 5.73 Å². The molecule has 1 aromatic heterocycles. The molecule has 1 rings (SSSR count). The number of esters is 1. The molecule has 0 radical (unpaired) electrons.